The van der Waals surface area contributed by atoms with Crippen molar-refractivity contribution >= 4 is 5.91 Å². The van der Waals surface area contributed by atoms with Crippen molar-refractivity contribution in [3.63, 3.8) is 0 Å². The van der Waals surface area contributed by atoms with Crippen LogP contribution < -0.4 is 16.8 Å². The zero-order valence-electron chi connectivity index (χ0n) is 21.5. The first-order valence-electron chi connectivity index (χ1n) is 13.0. The van der Waals surface area contributed by atoms with Crippen LogP contribution in [0.15, 0.2) is 0 Å². The Morgan fingerprint density at radius 1 is 0.974 bits per heavy atom. The number of aliphatic hydroxyl groups excluding tert-OH is 7. The van der Waals surface area contributed by atoms with Gasteiger partial charge in [0.2, 0.25) is 5.91 Å². The quantitative estimate of drug-likeness (QED) is 0.121. The summed E-state index contributed by atoms with van der Waals surface area (Å²) in [6.45, 7) is 2.82. The molecule has 15 atom stereocenters. The van der Waals surface area contributed by atoms with Gasteiger partial charge in [-0.25, -0.2) is 0 Å². The van der Waals surface area contributed by atoms with Crippen LogP contribution in [0, 0.1) is 5.92 Å². The van der Waals surface area contributed by atoms with Crippen molar-refractivity contribution in [2.45, 2.75) is 119 Å². The van der Waals surface area contributed by atoms with Crippen LogP contribution in [0.1, 0.15) is 33.1 Å². The molecular weight excluding hydrogens is 510 g/mol. The smallest absolute Gasteiger partial charge is 0.249 e. The maximum atomic E-state index is 12.5. The Kier molecular flexibility index (Phi) is 11.2. The highest BCUT2D eigenvalue weighted by Gasteiger charge is 2.52. The minimum absolute atomic E-state index is 0.108. The van der Waals surface area contributed by atoms with Crippen LogP contribution in [0.5, 0.6) is 0 Å². The summed E-state index contributed by atoms with van der Waals surface area (Å²) in [7, 11) is 0. The van der Waals surface area contributed by atoms with E-state index in [0.717, 1.165) is 0 Å². The second-order valence-electron chi connectivity index (χ2n) is 10.4. The predicted molar refractivity (Wildman–Crippen MR) is 128 cm³/mol. The molecule has 3 fully saturated rings. The van der Waals surface area contributed by atoms with Gasteiger partial charge in [-0.1, -0.05) is 20.3 Å². The Balaban J connectivity index is 1.84. The van der Waals surface area contributed by atoms with E-state index in [1.807, 2.05) is 6.92 Å². The molecule has 15 heteroatoms. The van der Waals surface area contributed by atoms with Crippen molar-refractivity contribution in [3.05, 3.63) is 0 Å². The van der Waals surface area contributed by atoms with Gasteiger partial charge in [0, 0.05) is 6.54 Å². The first-order valence-corrected chi connectivity index (χ1v) is 13.0. The molecule has 0 bridgehead atoms. The number of carbonyl (C=O) groups excluding carboxylic acids is 1. The third-order valence-corrected chi connectivity index (χ3v) is 7.51. The Morgan fingerprint density at radius 2 is 1.58 bits per heavy atom. The predicted octanol–water partition coefficient (Wildman–Crippen LogP) is -5.02. The van der Waals surface area contributed by atoms with Gasteiger partial charge in [0.25, 0.3) is 0 Å². The topological polar surface area (TPSA) is 260 Å². The van der Waals surface area contributed by atoms with Gasteiger partial charge in [-0.05, 0) is 18.8 Å². The average Bonchev–Trinajstić information content (AvgIpc) is 3.16. The molecule has 6 unspecified atom stereocenters. The zero-order chi connectivity index (χ0) is 28.3. The molecule has 1 saturated carbocycles. The second kappa shape index (κ2) is 13.5. The number of rotatable bonds is 10. The molecular formula is C23H43N3O12. The number of nitrogens with two attached hydrogens (primary N) is 2. The van der Waals surface area contributed by atoms with E-state index in [9.17, 15) is 40.5 Å². The van der Waals surface area contributed by atoms with E-state index in [1.165, 1.54) is 0 Å². The summed E-state index contributed by atoms with van der Waals surface area (Å²) >= 11 is 0. The molecule has 0 radical (unpaired) electrons. The molecule has 1 aliphatic carbocycles. The van der Waals surface area contributed by atoms with Crippen LogP contribution in [0.3, 0.4) is 0 Å². The number of aliphatic hydroxyl groups is 7. The Morgan fingerprint density at radius 3 is 2.16 bits per heavy atom. The van der Waals surface area contributed by atoms with E-state index in [-0.39, 0.29) is 19.4 Å². The number of hydrogen-bond acceptors (Lipinski definition) is 14. The van der Waals surface area contributed by atoms with Gasteiger partial charge in [0.15, 0.2) is 12.6 Å². The highest BCUT2D eigenvalue weighted by atomic mass is 16.7. The number of amides is 1. The lowest BCUT2D eigenvalue weighted by Crippen LogP contribution is -2.66. The summed E-state index contributed by atoms with van der Waals surface area (Å²) in [5.74, 6) is -1.13. The molecule has 1 amide bonds. The first-order chi connectivity index (χ1) is 17.9. The number of nitrogens with one attached hydrogen (secondary N) is 1. The molecule has 0 spiro atoms. The highest BCUT2D eigenvalue weighted by Crippen LogP contribution is 2.35. The molecule has 2 aliphatic heterocycles. The monoisotopic (exact) mass is 553 g/mol. The fourth-order valence-corrected chi connectivity index (χ4v) is 5.18. The van der Waals surface area contributed by atoms with E-state index < -0.39 is 104 Å². The Bertz CT molecular complexity index is 765. The molecule has 3 aliphatic rings. The van der Waals surface area contributed by atoms with E-state index in [2.05, 4.69) is 5.32 Å². The van der Waals surface area contributed by atoms with Gasteiger partial charge >= 0.3 is 0 Å². The zero-order valence-corrected chi connectivity index (χ0v) is 21.5. The van der Waals surface area contributed by atoms with Crippen molar-refractivity contribution in [1.29, 1.82) is 0 Å². The molecule has 38 heavy (non-hydrogen) atoms. The van der Waals surface area contributed by atoms with Crippen LogP contribution in [0.2, 0.25) is 0 Å². The molecule has 0 aromatic heterocycles. The lowest BCUT2D eigenvalue weighted by Gasteiger charge is -2.48. The highest BCUT2D eigenvalue weighted by molar-refractivity contribution is 5.80. The van der Waals surface area contributed by atoms with Gasteiger partial charge in [-0.3, -0.25) is 4.79 Å². The summed E-state index contributed by atoms with van der Waals surface area (Å²) in [6.07, 6.45) is -14.7. The average molecular weight is 554 g/mol. The van der Waals surface area contributed by atoms with Crippen LogP contribution in [-0.2, 0) is 23.7 Å². The number of hydrogen-bond donors (Lipinski definition) is 10. The van der Waals surface area contributed by atoms with Gasteiger partial charge in [-0.2, -0.15) is 0 Å². The van der Waals surface area contributed by atoms with Crippen LogP contribution >= 0.6 is 0 Å². The van der Waals surface area contributed by atoms with Gasteiger partial charge in [0.05, 0.1) is 24.8 Å². The van der Waals surface area contributed by atoms with E-state index in [0.29, 0.717) is 6.42 Å². The van der Waals surface area contributed by atoms with E-state index >= 15 is 0 Å². The van der Waals surface area contributed by atoms with Crippen LogP contribution in [-0.4, -0.2) is 141 Å². The molecule has 2 heterocycles. The second-order valence-corrected chi connectivity index (χ2v) is 10.4. The van der Waals surface area contributed by atoms with Crippen molar-refractivity contribution in [2.24, 2.45) is 17.4 Å². The maximum absolute atomic E-state index is 12.5. The van der Waals surface area contributed by atoms with Gasteiger partial charge in [-0.15, -0.1) is 0 Å². The molecule has 222 valence electrons. The van der Waals surface area contributed by atoms with Gasteiger partial charge < -0.3 is 71.5 Å². The van der Waals surface area contributed by atoms with Crippen molar-refractivity contribution in [3.8, 4) is 0 Å². The molecule has 0 aromatic carbocycles. The molecule has 0 aromatic rings. The summed E-state index contributed by atoms with van der Waals surface area (Å²) in [4.78, 5) is 12.5. The normalized spacial score (nSPS) is 46.6. The summed E-state index contributed by atoms with van der Waals surface area (Å²) in [5, 5.41) is 74.6. The molecule has 2 saturated heterocycles. The van der Waals surface area contributed by atoms with Crippen molar-refractivity contribution in [2.75, 3.05) is 13.2 Å². The van der Waals surface area contributed by atoms with Crippen LogP contribution in [0.25, 0.3) is 0 Å². The minimum atomic E-state index is -1.50. The molecule has 12 N–H and O–H groups in total. The van der Waals surface area contributed by atoms with Crippen LogP contribution in [0.4, 0.5) is 0 Å². The fraction of sp³-hybridized carbons (Fsp3) is 0.957. The third-order valence-electron chi connectivity index (χ3n) is 7.51. The van der Waals surface area contributed by atoms with E-state index in [1.54, 1.807) is 6.92 Å². The number of ether oxygens (including phenoxy) is 4. The van der Waals surface area contributed by atoms with E-state index in [4.69, 9.17) is 30.4 Å². The summed E-state index contributed by atoms with van der Waals surface area (Å²) < 4.78 is 23.1. The summed E-state index contributed by atoms with van der Waals surface area (Å²) in [5.41, 5.74) is 11.6. The lowest BCUT2D eigenvalue weighted by molar-refractivity contribution is -0.315. The Labute approximate surface area is 220 Å². The molecule has 15 nitrogen and oxygen atoms in total. The van der Waals surface area contributed by atoms with Crippen molar-refractivity contribution < 1.29 is 59.5 Å². The maximum Gasteiger partial charge on any atom is 0.249 e. The minimum Gasteiger partial charge on any atom is -0.394 e. The molecule has 3 rings (SSSR count). The van der Waals surface area contributed by atoms with Gasteiger partial charge in [0.1, 0.15) is 54.9 Å². The fourth-order valence-electron chi connectivity index (χ4n) is 5.18. The summed E-state index contributed by atoms with van der Waals surface area (Å²) in [6, 6.07) is -2.11. The van der Waals surface area contributed by atoms with Crippen molar-refractivity contribution in [1.82, 2.24) is 5.32 Å². The largest absolute Gasteiger partial charge is 0.394 e. The third kappa shape index (κ3) is 6.63. The first kappa shape index (κ1) is 31.5. The Hall–Kier alpha value is -1.05. The lowest BCUT2D eigenvalue weighted by atomic mass is 9.79. The number of carbonyl (C=O) groups is 1. The SMILES string of the molecule is CCC[C@H](O)C(=O)N[C@@H]1CC(C)[C@@H](O[C@H]2OC(CO)[C@@H](O)[C@H](O)C2N)C(O[C@@H]2O[C@H](CN)C(O)[C@@H]2O)C1O. The standard InChI is InChI=1S/C23H43N3O12/c1-3-4-10(28)21(34)26-9-5-8(2)19(37-22-13(25)17(32)16(31)12(7-27)36-22)20(14(9)29)38-23-18(33)15(30)11(6-24)35-23/h8-20,22-23,27-33H,3-7,24-25H2,1-2H3,(H,26,34)/t8?,9-,10+,11-,12?,13?,14?,15?,16-,17-,18+,19-,20?,22-,23+/m1/s1.